The van der Waals surface area contributed by atoms with E-state index in [2.05, 4.69) is 5.32 Å². The lowest BCUT2D eigenvalue weighted by Gasteiger charge is -2.14. The van der Waals surface area contributed by atoms with Crippen LogP contribution in [-0.4, -0.2) is 26.7 Å². The van der Waals surface area contributed by atoms with E-state index in [-0.39, 0.29) is 12.5 Å². The van der Waals surface area contributed by atoms with Crippen molar-refractivity contribution in [3.8, 4) is 17.2 Å². The third-order valence-corrected chi connectivity index (χ3v) is 3.47. The number of hydrogen-bond donors (Lipinski definition) is 1. The highest BCUT2D eigenvalue weighted by Gasteiger charge is 2.13. The molecule has 1 amide bonds. The van der Waals surface area contributed by atoms with E-state index in [0.717, 1.165) is 11.1 Å². The summed E-state index contributed by atoms with van der Waals surface area (Å²) in [7, 11) is 3.08. The summed E-state index contributed by atoms with van der Waals surface area (Å²) in [5.74, 6) is 1.26. The number of amides is 1. The van der Waals surface area contributed by atoms with Crippen molar-refractivity contribution >= 4 is 5.91 Å². The second-order valence-corrected chi connectivity index (χ2v) is 4.98. The third-order valence-electron chi connectivity index (χ3n) is 3.47. The Labute approximate surface area is 136 Å². The molecule has 0 bridgehead atoms. The van der Waals surface area contributed by atoms with E-state index >= 15 is 0 Å². The standard InChI is InChI=1S/C18H21NO4/c1-13-7-4-5-8-14(13)11-19-17(20)12-23-18-15(21-2)9-6-10-16(18)22-3/h4-10H,11-12H2,1-3H3,(H,19,20). The van der Waals surface area contributed by atoms with Crippen molar-refractivity contribution in [3.05, 3.63) is 53.6 Å². The maximum absolute atomic E-state index is 12.0. The summed E-state index contributed by atoms with van der Waals surface area (Å²) < 4.78 is 16.0. The molecular weight excluding hydrogens is 294 g/mol. The fraction of sp³-hybridized carbons (Fsp3) is 0.278. The van der Waals surface area contributed by atoms with Gasteiger partial charge in [-0.2, -0.15) is 0 Å². The molecule has 0 fully saturated rings. The topological polar surface area (TPSA) is 56.8 Å². The van der Waals surface area contributed by atoms with Gasteiger partial charge >= 0.3 is 0 Å². The van der Waals surface area contributed by atoms with Crippen LogP contribution in [0.1, 0.15) is 11.1 Å². The van der Waals surface area contributed by atoms with Gasteiger partial charge in [0.25, 0.3) is 5.91 Å². The highest BCUT2D eigenvalue weighted by molar-refractivity contribution is 5.77. The van der Waals surface area contributed by atoms with Gasteiger partial charge in [0.1, 0.15) is 0 Å². The number of carbonyl (C=O) groups excluding carboxylic acids is 1. The van der Waals surface area contributed by atoms with Crippen LogP contribution in [-0.2, 0) is 11.3 Å². The van der Waals surface area contributed by atoms with Crippen molar-refractivity contribution < 1.29 is 19.0 Å². The van der Waals surface area contributed by atoms with Crippen LogP contribution < -0.4 is 19.5 Å². The van der Waals surface area contributed by atoms with Crippen molar-refractivity contribution in [2.75, 3.05) is 20.8 Å². The van der Waals surface area contributed by atoms with E-state index in [4.69, 9.17) is 14.2 Å². The molecule has 122 valence electrons. The molecule has 2 rings (SSSR count). The number of para-hydroxylation sites is 1. The molecule has 0 saturated carbocycles. The number of methoxy groups -OCH3 is 2. The van der Waals surface area contributed by atoms with Crippen LogP contribution in [0.2, 0.25) is 0 Å². The average molecular weight is 315 g/mol. The number of ether oxygens (including phenoxy) is 3. The first-order valence-electron chi connectivity index (χ1n) is 7.30. The van der Waals surface area contributed by atoms with Gasteiger partial charge in [0.15, 0.2) is 18.1 Å². The molecule has 2 aromatic rings. The highest BCUT2D eigenvalue weighted by Crippen LogP contribution is 2.36. The van der Waals surface area contributed by atoms with Crippen LogP contribution >= 0.6 is 0 Å². The summed E-state index contributed by atoms with van der Waals surface area (Å²) in [6, 6.07) is 13.2. The molecule has 1 N–H and O–H groups in total. The zero-order valence-electron chi connectivity index (χ0n) is 13.6. The molecule has 0 unspecified atom stereocenters. The number of benzene rings is 2. The Balaban J connectivity index is 1.93. The maximum atomic E-state index is 12.0. The number of nitrogens with one attached hydrogen (secondary N) is 1. The van der Waals surface area contributed by atoms with Crippen molar-refractivity contribution in [2.45, 2.75) is 13.5 Å². The maximum Gasteiger partial charge on any atom is 0.258 e. The Morgan fingerprint density at radius 2 is 1.65 bits per heavy atom. The number of aryl methyl sites for hydroxylation is 1. The largest absolute Gasteiger partial charge is 0.493 e. The number of hydrogen-bond acceptors (Lipinski definition) is 4. The fourth-order valence-electron chi connectivity index (χ4n) is 2.15. The summed E-state index contributed by atoms with van der Waals surface area (Å²) >= 11 is 0. The Morgan fingerprint density at radius 1 is 1.00 bits per heavy atom. The normalized spacial score (nSPS) is 10.0. The quantitative estimate of drug-likeness (QED) is 0.853. The first-order chi connectivity index (χ1) is 11.2. The Kier molecular flexibility index (Phi) is 5.86. The van der Waals surface area contributed by atoms with Crippen LogP contribution in [0.25, 0.3) is 0 Å². The average Bonchev–Trinajstić information content (AvgIpc) is 2.58. The molecule has 5 nitrogen and oxygen atoms in total. The smallest absolute Gasteiger partial charge is 0.258 e. The molecule has 0 atom stereocenters. The van der Waals surface area contributed by atoms with Gasteiger partial charge < -0.3 is 19.5 Å². The van der Waals surface area contributed by atoms with Gasteiger partial charge in [0.2, 0.25) is 5.75 Å². The van der Waals surface area contributed by atoms with Gasteiger partial charge in [-0.3, -0.25) is 4.79 Å². The van der Waals surface area contributed by atoms with Gasteiger partial charge in [0.05, 0.1) is 14.2 Å². The van der Waals surface area contributed by atoms with Crippen molar-refractivity contribution in [1.82, 2.24) is 5.32 Å². The number of carbonyl (C=O) groups is 1. The predicted octanol–water partition coefficient (Wildman–Crippen LogP) is 2.71. The van der Waals surface area contributed by atoms with E-state index in [1.165, 1.54) is 0 Å². The molecule has 0 spiro atoms. The van der Waals surface area contributed by atoms with Gasteiger partial charge in [0, 0.05) is 6.54 Å². The monoisotopic (exact) mass is 315 g/mol. The zero-order chi connectivity index (χ0) is 16.7. The SMILES string of the molecule is COc1cccc(OC)c1OCC(=O)NCc1ccccc1C. The lowest BCUT2D eigenvalue weighted by molar-refractivity contribution is -0.123. The van der Waals surface area contributed by atoms with Gasteiger partial charge in [-0.25, -0.2) is 0 Å². The molecule has 0 aliphatic carbocycles. The van der Waals surface area contributed by atoms with Crippen LogP contribution in [0, 0.1) is 6.92 Å². The summed E-state index contributed by atoms with van der Waals surface area (Å²) in [4.78, 5) is 12.0. The molecule has 0 aliphatic heterocycles. The summed E-state index contributed by atoms with van der Waals surface area (Å²) in [6.45, 7) is 2.37. The van der Waals surface area contributed by atoms with Crippen molar-refractivity contribution in [2.24, 2.45) is 0 Å². The van der Waals surface area contributed by atoms with E-state index in [0.29, 0.717) is 23.8 Å². The van der Waals surface area contributed by atoms with Gasteiger partial charge in [-0.15, -0.1) is 0 Å². The van der Waals surface area contributed by atoms with E-state index < -0.39 is 0 Å². The minimum Gasteiger partial charge on any atom is -0.493 e. The molecule has 2 aromatic carbocycles. The van der Waals surface area contributed by atoms with Gasteiger partial charge in [-0.05, 0) is 30.2 Å². The van der Waals surface area contributed by atoms with E-state index in [1.807, 2.05) is 31.2 Å². The summed E-state index contributed by atoms with van der Waals surface area (Å²) in [5.41, 5.74) is 2.22. The molecule has 5 heteroatoms. The lowest BCUT2D eigenvalue weighted by atomic mass is 10.1. The molecule has 0 aliphatic rings. The Hall–Kier alpha value is -2.69. The predicted molar refractivity (Wildman–Crippen MR) is 88.1 cm³/mol. The lowest BCUT2D eigenvalue weighted by Crippen LogP contribution is -2.28. The number of rotatable bonds is 7. The van der Waals surface area contributed by atoms with Crippen LogP contribution in [0.5, 0.6) is 17.2 Å². The molecule has 0 radical (unpaired) electrons. The van der Waals surface area contributed by atoms with Gasteiger partial charge in [-0.1, -0.05) is 30.3 Å². The summed E-state index contributed by atoms with van der Waals surface area (Å²) in [6.07, 6.45) is 0. The fourth-order valence-corrected chi connectivity index (χ4v) is 2.15. The Morgan fingerprint density at radius 3 is 2.26 bits per heavy atom. The third kappa shape index (κ3) is 4.39. The highest BCUT2D eigenvalue weighted by atomic mass is 16.5. The molecule has 0 saturated heterocycles. The second-order valence-electron chi connectivity index (χ2n) is 4.98. The van der Waals surface area contributed by atoms with Crippen LogP contribution in [0.15, 0.2) is 42.5 Å². The van der Waals surface area contributed by atoms with Crippen LogP contribution in [0.3, 0.4) is 0 Å². The minimum atomic E-state index is -0.207. The molecule has 0 heterocycles. The summed E-state index contributed by atoms with van der Waals surface area (Å²) in [5, 5.41) is 2.84. The second kappa shape index (κ2) is 8.08. The molecular formula is C18H21NO4. The first-order valence-corrected chi connectivity index (χ1v) is 7.30. The van der Waals surface area contributed by atoms with E-state index in [9.17, 15) is 4.79 Å². The van der Waals surface area contributed by atoms with Crippen molar-refractivity contribution in [3.63, 3.8) is 0 Å². The van der Waals surface area contributed by atoms with Crippen LogP contribution in [0.4, 0.5) is 0 Å². The zero-order valence-corrected chi connectivity index (χ0v) is 13.6. The minimum absolute atomic E-state index is 0.109. The van der Waals surface area contributed by atoms with E-state index in [1.54, 1.807) is 32.4 Å². The first kappa shape index (κ1) is 16.7. The molecule has 0 aromatic heterocycles. The van der Waals surface area contributed by atoms with Crippen molar-refractivity contribution in [1.29, 1.82) is 0 Å². The Bertz CT molecular complexity index is 648. The molecule has 23 heavy (non-hydrogen) atoms.